The van der Waals surface area contributed by atoms with E-state index in [9.17, 15) is 4.79 Å². The number of methoxy groups -OCH3 is 1. The maximum absolute atomic E-state index is 12.8. The molecule has 2 aromatic rings. The summed E-state index contributed by atoms with van der Waals surface area (Å²) in [6.45, 7) is 5.51. The van der Waals surface area contributed by atoms with Gasteiger partial charge in [0.15, 0.2) is 0 Å². The van der Waals surface area contributed by atoms with Gasteiger partial charge in [0, 0.05) is 31.5 Å². The molecule has 1 aromatic heterocycles. The van der Waals surface area contributed by atoms with E-state index in [0.29, 0.717) is 25.6 Å². The van der Waals surface area contributed by atoms with Crippen molar-refractivity contribution in [2.75, 3.05) is 40.0 Å². The molecule has 0 unspecified atom stereocenters. The van der Waals surface area contributed by atoms with Gasteiger partial charge in [-0.2, -0.15) is 0 Å². The molecular weight excluding hydrogens is 306 g/mol. The first-order valence-electron chi connectivity index (χ1n) is 8.39. The van der Waals surface area contributed by atoms with Gasteiger partial charge in [0.05, 0.1) is 37.3 Å². The third kappa shape index (κ3) is 2.59. The Morgan fingerprint density at radius 2 is 2.42 bits per heavy atom. The van der Waals surface area contributed by atoms with Crippen molar-refractivity contribution in [1.82, 2.24) is 14.9 Å². The number of ether oxygens (including phenoxy) is 2. The fourth-order valence-corrected chi connectivity index (χ4v) is 4.09. The number of fused-ring (bicyclic) bond motifs is 2. The van der Waals surface area contributed by atoms with Gasteiger partial charge in [-0.3, -0.25) is 4.79 Å². The monoisotopic (exact) mass is 329 g/mol. The number of hydrogen-bond acceptors (Lipinski definition) is 4. The number of nitrogens with one attached hydrogen (secondary N) is 1. The molecule has 24 heavy (non-hydrogen) atoms. The minimum absolute atomic E-state index is 0.0190. The Balaban J connectivity index is 1.48. The third-order valence-corrected chi connectivity index (χ3v) is 5.33. The molecule has 1 amide bonds. The second kappa shape index (κ2) is 5.86. The number of likely N-dealkylation sites (tertiary alicyclic amines) is 1. The molecule has 0 aliphatic carbocycles. The molecule has 2 fully saturated rings. The van der Waals surface area contributed by atoms with E-state index in [2.05, 4.69) is 9.97 Å². The number of imidazole rings is 1. The Hall–Kier alpha value is -1.92. The lowest BCUT2D eigenvalue weighted by atomic mass is 9.82. The van der Waals surface area contributed by atoms with Crippen LogP contribution in [-0.2, 0) is 20.7 Å². The van der Waals surface area contributed by atoms with Crippen molar-refractivity contribution < 1.29 is 14.3 Å². The van der Waals surface area contributed by atoms with Gasteiger partial charge in [-0.05, 0) is 24.6 Å². The predicted octanol–water partition coefficient (Wildman–Crippen LogP) is 1.54. The Kier molecular flexibility index (Phi) is 3.81. The highest BCUT2D eigenvalue weighted by Crippen LogP contribution is 2.41. The van der Waals surface area contributed by atoms with Crippen LogP contribution in [0.25, 0.3) is 11.0 Å². The minimum Gasteiger partial charge on any atom is -0.384 e. The molecule has 2 aliphatic heterocycles. The Morgan fingerprint density at radius 1 is 1.54 bits per heavy atom. The Labute approximate surface area is 141 Å². The second-order valence-corrected chi connectivity index (χ2v) is 7.13. The van der Waals surface area contributed by atoms with E-state index in [4.69, 9.17) is 9.47 Å². The van der Waals surface area contributed by atoms with E-state index in [-0.39, 0.29) is 11.3 Å². The summed E-state index contributed by atoms with van der Waals surface area (Å²) in [5.74, 6) is 1.46. The first kappa shape index (κ1) is 15.6. The number of carbonyl (C=O) groups excluding carboxylic acids is 1. The van der Waals surface area contributed by atoms with Crippen molar-refractivity contribution in [2.24, 2.45) is 11.3 Å². The summed E-state index contributed by atoms with van der Waals surface area (Å²) in [6, 6.07) is 5.99. The van der Waals surface area contributed by atoms with Crippen molar-refractivity contribution in [2.45, 2.75) is 13.3 Å². The van der Waals surface area contributed by atoms with Crippen molar-refractivity contribution in [3.05, 3.63) is 29.6 Å². The number of benzene rings is 1. The van der Waals surface area contributed by atoms with Crippen molar-refractivity contribution in [1.29, 1.82) is 0 Å². The van der Waals surface area contributed by atoms with Crippen LogP contribution in [0.1, 0.15) is 11.4 Å². The van der Waals surface area contributed by atoms with E-state index < -0.39 is 0 Å². The molecule has 2 saturated heterocycles. The van der Waals surface area contributed by atoms with Crippen molar-refractivity contribution in [3.8, 4) is 0 Å². The molecule has 6 heteroatoms. The standard InChI is InChI=1S/C18H23N3O3/c1-12-19-15-4-3-13(5-16(15)20-12)6-17(22)21-7-14-8-24-11-18(14,9-21)10-23-2/h3-5,14H,6-11H2,1-2H3,(H,19,20)/t14-,18-/m0/s1. The van der Waals surface area contributed by atoms with E-state index >= 15 is 0 Å². The maximum Gasteiger partial charge on any atom is 0.227 e. The summed E-state index contributed by atoms with van der Waals surface area (Å²) in [7, 11) is 1.72. The zero-order chi connectivity index (χ0) is 16.7. The van der Waals surface area contributed by atoms with Crippen LogP contribution < -0.4 is 0 Å². The molecule has 0 saturated carbocycles. The fraction of sp³-hybridized carbons (Fsp3) is 0.556. The van der Waals surface area contributed by atoms with Crippen molar-refractivity contribution >= 4 is 16.9 Å². The van der Waals surface area contributed by atoms with E-state index in [1.54, 1.807) is 7.11 Å². The Bertz CT molecular complexity index is 772. The molecule has 1 aromatic carbocycles. The normalized spacial score (nSPS) is 26.2. The summed E-state index contributed by atoms with van der Waals surface area (Å²) in [5.41, 5.74) is 2.93. The van der Waals surface area contributed by atoms with Gasteiger partial charge in [0.1, 0.15) is 5.82 Å². The largest absolute Gasteiger partial charge is 0.384 e. The average Bonchev–Trinajstić information content (AvgIpc) is 3.17. The molecule has 6 nitrogen and oxygen atoms in total. The Morgan fingerprint density at radius 3 is 3.25 bits per heavy atom. The number of aromatic nitrogens is 2. The van der Waals surface area contributed by atoms with Crippen LogP contribution in [0.5, 0.6) is 0 Å². The van der Waals surface area contributed by atoms with Crippen LogP contribution in [-0.4, -0.2) is 60.8 Å². The summed E-state index contributed by atoms with van der Waals surface area (Å²) in [5, 5.41) is 0. The van der Waals surface area contributed by atoms with Crippen molar-refractivity contribution in [3.63, 3.8) is 0 Å². The molecule has 1 N–H and O–H groups in total. The van der Waals surface area contributed by atoms with Gasteiger partial charge in [-0.15, -0.1) is 0 Å². The molecule has 2 atom stereocenters. The maximum atomic E-state index is 12.8. The summed E-state index contributed by atoms with van der Waals surface area (Å²) >= 11 is 0. The van der Waals surface area contributed by atoms with Crippen LogP contribution in [0.3, 0.4) is 0 Å². The van der Waals surface area contributed by atoms with Gasteiger partial charge in [0.25, 0.3) is 0 Å². The zero-order valence-corrected chi connectivity index (χ0v) is 14.2. The van der Waals surface area contributed by atoms with Crippen LogP contribution in [0.15, 0.2) is 18.2 Å². The van der Waals surface area contributed by atoms with Gasteiger partial charge in [-0.25, -0.2) is 4.98 Å². The van der Waals surface area contributed by atoms with Crippen LogP contribution in [0, 0.1) is 18.3 Å². The smallest absolute Gasteiger partial charge is 0.227 e. The number of aromatic amines is 1. The van der Waals surface area contributed by atoms with E-state index in [1.165, 1.54) is 0 Å². The SMILES string of the molecule is COC[C@@]12COC[C@@H]1CN(C(=O)Cc1ccc3nc(C)[nH]c3c1)C2. The number of nitrogens with zero attached hydrogens (tertiary/aromatic N) is 2. The number of rotatable bonds is 4. The minimum atomic E-state index is -0.0190. The molecule has 128 valence electrons. The number of hydrogen-bond donors (Lipinski definition) is 1. The molecular formula is C18H23N3O3. The van der Waals surface area contributed by atoms with Crippen LogP contribution >= 0.6 is 0 Å². The predicted molar refractivity (Wildman–Crippen MR) is 89.7 cm³/mol. The molecule has 0 spiro atoms. The lowest BCUT2D eigenvalue weighted by Gasteiger charge is -2.26. The highest BCUT2D eigenvalue weighted by Gasteiger charge is 2.51. The van der Waals surface area contributed by atoms with E-state index in [1.807, 2.05) is 30.0 Å². The molecule has 4 rings (SSSR count). The lowest BCUT2D eigenvalue weighted by Crippen LogP contribution is -2.37. The zero-order valence-electron chi connectivity index (χ0n) is 14.2. The second-order valence-electron chi connectivity index (χ2n) is 7.13. The molecule has 0 bridgehead atoms. The summed E-state index contributed by atoms with van der Waals surface area (Å²) < 4.78 is 11.0. The highest BCUT2D eigenvalue weighted by atomic mass is 16.5. The summed E-state index contributed by atoms with van der Waals surface area (Å²) in [4.78, 5) is 22.4. The van der Waals surface area contributed by atoms with Gasteiger partial charge in [-0.1, -0.05) is 6.07 Å². The van der Waals surface area contributed by atoms with E-state index in [0.717, 1.165) is 42.1 Å². The van der Waals surface area contributed by atoms with Gasteiger partial charge in [0.2, 0.25) is 5.91 Å². The third-order valence-electron chi connectivity index (χ3n) is 5.33. The number of carbonyl (C=O) groups is 1. The molecule has 3 heterocycles. The summed E-state index contributed by atoms with van der Waals surface area (Å²) in [6.07, 6.45) is 0.421. The topological polar surface area (TPSA) is 67.5 Å². The first-order valence-corrected chi connectivity index (χ1v) is 8.39. The van der Waals surface area contributed by atoms with Crippen LogP contribution in [0.2, 0.25) is 0 Å². The quantitative estimate of drug-likeness (QED) is 0.924. The molecule has 0 radical (unpaired) electrons. The van der Waals surface area contributed by atoms with Crippen LogP contribution in [0.4, 0.5) is 0 Å². The average molecular weight is 329 g/mol. The number of aryl methyl sites for hydroxylation is 1. The number of amides is 1. The number of H-pyrrole nitrogens is 1. The van der Waals surface area contributed by atoms with Gasteiger partial charge < -0.3 is 19.4 Å². The first-order chi connectivity index (χ1) is 11.6. The fourth-order valence-electron chi connectivity index (χ4n) is 4.09. The van der Waals surface area contributed by atoms with Gasteiger partial charge >= 0.3 is 0 Å². The lowest BCUT2D eigenvalue weighted by molar-refractivity contribution is -0.130. The highest BCUT2D eigenvalue weighted by molar-refractivity contribution is 5.82. The molecule has 2 aliphatic rings.